The van der Waals surface area contributed by atoms with Gasteiger partial charge in [0.25, 0.3) is 5.91 Å². The third-order valence-corrected chi connectivity index (χ3v) is 3.83. The number of amides is 1. The molecule has 3 heteroatoms. The second-order valence-corrected chi connectivity index (χ2v) is 5.04. The summed E-state index contributed by atoms with van der Waals surface area (Å²) < 4.78 is 6.10. The SMILES string of the molecule is CNC(=O)c1cccc2c1O[C@@H](c1ccccc1)[C@@H]2C. The summed E-state index contributed by atoms with van der Waals surface area (Å²) in [5.74, 6) is 0.841. The molecule has 0 aromatic heterocycles. The number of fused-ring (bicyclic) bond motifs is 1. The third kappa shape index (κ3) is 1.95. The molecule has 0 fully saturated rings. The van der Waals surface area contributed by atoms with E-state index in [1.165, 1.54) is 0 Å². The first-order valence-electron chi connectivity index (χ1n) is 6.79. The zero-order valence-electron chi connectivity index (χ0n) is 11.6. The van der Waals surface area contributed by atoms with Gasteiger partial charge in [-0.15, -0.1) is 0 Å². The Hall–Kier alpha value is -2.29. The van der Waals surface area contributed by atoms with E-state index < -0.39 is 0 Å². The second-order valence-electron chi connectivity index (χ2n) is 5.04. The average Bonchev–Trinajstić information content (AvgIpc) is 2.85. The fourth-order valence-corrected chi connectivity index (χ4v) is 2.75. The molecule has 2 atom stereocenters. The van der Waals surface area contributed by atoms with Crippen molar-refractivity contribution in [3.05, 3.63) is 65.2 Å². The van der Waals surface area contributed by atoms with Crippen LogP contribution in [-0.2, 0) is 0 Å². The van der Waals surface area contributed by atoms with Gasteiger partial charge in [0, 0.05) is 18.5 Å². The summed E-state index contributed by atoms with van der Waals surface area (Å²) in [4.78, 5) is 11.9. The van der Waals surface area contributed by atoms with E-state index in [4.69, 9.17) is 4.74 Å². The van der Waals surface area contributed by atoms with Crippen LogP contribution in [0.5, 0.6) is 5.75 Å². The van der Waals surface area contributed by atoms with Crippen molar-refractivity contribution >= 4 is 5.91 Å². The van der Waals surface area contributed by atoms with Gasteiger partial charge >= 0.3 is 0 Å². The number of hydrogen-bond acceptors (Lipinski definition) is 2. The summed E-state index contributed by atoms with van der Waals surface area (Å²) in [7, 11) is 1.63. The predicted molar refractivity (Wildman–Crippen MR) is 78.1 cm³/mol. The lowest BCUT2D eigenvalue weighted by molar-refractivity contribution is 0.0957. The molecule has 2 aromatic rings. The van der Waals surface area contributed by atoms with Crippen LogP contribution < -0.4 is 10.1 Å². The van der Waals surface area contributed by atoms with E-state index in [9.17, 15) is 4.79 Å². The molecule has 20 heavy (non-hydrogen) atoms. The monoisotopic (exact) mass is 267 g/mol. The van der Waals surface area contributed by atoms with Crippen LogP contribution in [0.1, 0.15) is 40.4 Å². The van der Waals surface area contributed by atoms with Crippen molar-refractivity contribution in [2.24, 2.45) is 0 Å². The van der Waals surface area contributed by atoms with Gasteiger partial charge in [-0.25, -0.2) is 0 Å². The number of hydrogen-bond donors (Lipinski definition) is 1. The number of rotatable bonds is 2. The van der Waals surface area contributed by atoms with Gasteiger partial charge in [0.1, 0.15) is 11.9 Å². The molecule has 3 nitrogen and oxygen atoms in total. The maximum absolute atomic E-state index is 11.9. The van der Waals surface area contributed by atoms with Crippen LogP contribution in [-0.4, -0.2) is 13.0 Å². The lowest BCUT2D eigenvalue weighted by atomic mass is 9.92. The Labute approximate surface area is 118 Å². The van der Waals surface area contributed by atoms with Gasteiger partial charge < -0.3 is 10.1 Å². The number of para-hydroxylation sites is 1. The molecule has 0 aliphatic carbocycles. The Bertz CT molecular complexity index is 637. The van der Waals surface area contributed by atoms with Crippen molar-refractivity contribution in [1.29, 1.82) is 0 Å². The molecule has 1 N–H and O–H groups in total. The third-order valence-electron chi connectivity index (χ3n) is 3.83. The van der Waals surface area contributed by atoms with Crippen LogP contribution in [0, 0.1) is 0 Å². The van der Waals surface area contributed by atoms with E-state index in [1.54, 1.807) is 13.1 Å². The molecule has 3 rings (SSSR count). The van der Waals surface area contributed by atoms with Crippen LogP contribution >= 0.6 is 0 Å². The van der Waals surface area contributed by atoms with Crippen molar-refractivity contribution in [3.8, 4) is 5.75 Å². The highest BCUT2D eigenvalue weighted by Crippen LogP contribution is 2.47. The van der Waals surface area contributed by atoms with E-state index in [0.29, 0.717) is 11.3 Å². The van der Waals surface area contributed by atoms with E-state index in [0.717, 1.165) is 11.1 Å². The molecule has 2 aromatic carbocycles. The highest BCUT2D eigenvalue weighted by molar-refractivity contribution is 5.97. The highest BCUT2D eigenvalue weighted by Gasteiger charge is 2.34. The van der Waals surface area contributed by atoms with Crippen LogP contribution in [0.15, 0.2) is 48.5 Å². The molecular formula is C17H17NO2. The summed E-state index contributed by atoms with van der Waals surface area (Å²) in [6, 6.07) is 15.9. The Morgan fingerprint density at radius 3 is 2.55 bits per heavy atom. The van der Waals surface area contributed by atoms with E-state index in [2.05, 4.69) is 24.4 Å². The predicted octanol–water partition coefficient (Wildman–Crippen LogP) is 3.28. The lowest BCUT2D eigenvalue weighted by Gasteiger charge is -2.15. The first-order valence-corrected chi connectivity index (χ1v) is 6.79. The van der Waals surface area contributed by atoms with Crippen LogP contribution in [0.25, 0.3) is 0 Å². The van der Waals surface area contributed by atoms with Crippen molar-refractivity contribution in [2.75, 3.05) is 7.05 Å². The van der Waals surface area contributed by atoms with Gasteiger partial charge in [-0.3, -0.25) is 4.79 Å². The molecule has 0 saturated carbocycles. The summed E-state index contributed by atoms with van der Waals surface area (Å²) in [5.41, 5.74) is 2.84. The minimum Gasteiger partial charge on any atom is -0.484 e. The minimum atomic E-state index is -0.109. The summed E-state index contributed by atoms with van der Waals surface area (Å²) in [6.45, 7) is 2.14. The van der Waals surface area contributed by atoms with E-state index >= 15 is 0 Å². The van der Waals surface area contributed by atoms with Crippen LogP contribution in [0.2, 0.25) is 0 Å². The van der Waals surface area contributed by atoms with Gasteiger partial charge in [-0.1, -0.05) is 49.4 Å². The minimum absolute atomic E-state index is 0.0305. The lowest BCUT2D eigenvalue weighted by Crippen LogP contribution is -2.18. The van der Waals surface area contributed by atoms with Crippen LogP contribution in [0.4, 0.5) is 0 Å². The van der Waals surface area contributed by atoms with Gasteiger partial charge in [0.05, 0.1) is 5.56 Å². The largest absolute Gasteiger partial charge is 0.484 e. The fourth-order valence-electron chi connectivity index (χ4n) is 2.75. The van der Waals surface area contributed by atoms with Gasteiger partial charge in [0.15, 0.2) is 0 Å². The number of nitrogens with one attached hydrogen (secondary N) is 1. The summed E-state index contributed by atoms with van der Waals surface area (Å²) in [5, 5.41) is 2.66. The number of benzene rings is 2. The quantitative estimate of drug-likeness (QED) is 0.906. The topological polar surface area (TPSA) is 38.3 Å². The maximum atomic E-state index is 11.9. The number of carbonyl (C=O) groups is 1. The van der Waals surface area contributed by atoms with Gasteiger partial charge in [-0.2, -0.15) is 0 Å². The van der Waals surface area contributed by atoms with E-state index in [-0.39, 0.29) is 17.9 Å². The Kier molecular flexibility index (Phi) is 3.18. The zero-order valence-corrected chi connectivity index (χ0v) is 11.6. The molecule has 0 unspecified atom stereocenters. The molecule has 1 amide bonds. The normalized spacial score (nSPS) is 20.1. The van der Waals surface area contributed by atoms with Crippen molar-refractivity contribution in [2.45, 2.75) is 18.9 Å². The van der Waals surface area contributed by atoms with Crippen LogP contribution in [0.3, 0.4) is 0 Å². The van der Waals surface area contributed by atoms with Crippen molar-refractivity contribution in [1.82, 2.24) is 5.32 Å². The summed E-state index contributed by atoms with van der Waals surface area (Å²) >= 11 is 0. The Balaban J connectivity index is 2.02. The first-order chi connectivity index (χ1) is 9.72. The van der Waals surface area contributed by atoms with Crippen molar-refractivity contribution < 1.29 is 9.53 Å². The Morgan fingerprint density at radius 1 is 1.10 bits per heavy atom. The molecule has 0 radical (unpaired) electrons. The molecular weight excluding hydrogens is 250 g/mol. The molecule has 1 aliphatic rings. The smallest absolute Gasteiger partial charge is 0.254 e. The van der Waals surface area contributed by atoms with Gasteiger partial charge in [0.2, 0.25) is 0 Å². The molecule has 0 bridgehead atoms. The maximum Gasteiger partial charge on any atom is 0.254 e. The summed E-state index contributed by atoms with van der Waals surface area (Å²) in [6.07, 6.45) is -0.0305. The van der Waals surface area contributed by atoms with E-state index in [1.807, 2.05) is 30.3 Å². The highest BCUT2D eigenvalue weighted by atomic mass is 16.5. The standard InChI is InChI=1S/C17H17NO2/c1-11-13-9-6-10-14(17(19)18-2)16(13)20-15(11)12-7-4-3-5-8-12/h3-11,15H,1-2H3,(H,18,19)/t11-,15-/m1/s1. The number of carbonyl (C=O) groups excluding carboxylic acids is 1. The molecule has 1 heterocycles. The average molecular weight is 267 g/mol. The Morgan fingerprint density at radius 2 is 1.85 bits per heavy atom. The van der Waals surface area contributed by atoms with Gasteiger partial charge in [-0.05, 0) is 11.6 Å². The molecule has 102 valence electrons. The molecule has 1 aliphatic heterocycles. The zero-order chi connectivity index (χ0) is 14.1. The van der Waals surface area contributed by atoms with Crippen molar-refractivity contribution in [3.63, 3.8) is 0 Å². The second kappa shape index (κ2) is 5.00. The number of ether oxygens (including phenoxy) is 1. The first kappa shape index (κ1) is 12.7. The molecule has 0 saturated heterocycles. The molecule has 0 spiro atoms. The fraction of sp³-hybridized carbons (Fsp3) is 0.235.